The largest absolute Gasteiger partial charge is 0.489 e. The number of fused-ring (bicyclic) bond motifs is 1. The Bertz CT molecular complexity index is 934. The summed E-state index contributed by atoms with van der Waals surface area (Å²) in [5, 5.41) is 0. The molecule has 0 amide bonds. The number of hydrogen-bond donors (Lipinski definition) is 0. The fourth-order valence-corrected chi connectivity index (χ4v) is 4.03. The van der Waals surface area contributed by atoms with Gasteiger partial charge in [0.05, 0.1) is 4.88 Å². The molecule has 1 aromatic heterocycles. The van der Waals surface area contributed by atoms with Gasteiger partial charge >= 0.3 is 0 Å². The second-order valence-electron chi connectivity index (χ2n) is 6.20. The molecule has 1 aliphatic carbocycles. The molecule has 1 heterocycles. The lowest BCUT2D eigenvalue weighted by molar-refractivity contribution is 0.102. The number of carbonyl (C=O) groups is 1. The zero-order valence-electron chi connectivity index (χ0n) is 14.0. The Hall–Kier alpha value is -2.65. The van der Waals surface area contributed by atoms with Gasteiger partial charge in [-0.25, -0.2) is 0 Å². The quantitative estimate of drug-likeness (QED) is 0.560. The molecule has 0 atom stereocenters. The van der Waals surface area contributed by atoms with E-state index in [9.17, 15) is 4.79 Å². The summed E-state index contributed by atoms with van der Waals surface area (Å²) in [7, 11) is 0. The number of thiophene rings is 1. The van der Waals surface area contributed by atoms with Crippen LogP contribution in [-0.4, -0.2) is 5.78 Å². The van der Waals surface area contributed by atoms with Crippen molar-refractivity contribution in [2.24, 2.45) is 0 Å². The Kier molecular flexibility index (Phi) is 4.24. The molecule has 0 saturated carbocycles. The maximum absolute atomic E-state index is 11.5. The highest BCUT2D eigenvalue weighted by atomic mass is 32.1. The average molecular weight is 346 g/mol. The van der Waals surface area contributed by atoms with E-state index in [1.807, 2.05) is 36.4 Å². The lowest BCUT2D eigenvalue weighted by Gasteiger charge is -2.08. The Labute approximate surface area is 151 Å². The van der Waals surface area contributed by atoms with Gasteiger partial charge in [0.25, 0.3) is 0 Å². The number of allylic oxidation sites excluding steroid dienone is 1. The topological polar surface area (TPSA) is 26.3 Å². The van der Waals surface area contributed by atoms with E-state index in [0.717, 1.165) is 22.6 Å². The predicted octanol–water partition coefficient (Wildman–Crippen LogP) is 5.63. The van der Waals surface area contributed by atoms with Gasteiger partial charge in [0.1, 0.15) is 12.4 Å². The summed E-state index contributed by atoms with van der Waals surface area (Å²) in [5.74, 6) is 1.02. The monoisotopic (exact) mass is 346 g/mol. The molecule has 0 bridgehead atoms. The molecule has 0 unspecified atom stereocenters. The van der Waals surface area contributed by atoms with E-state index >= 15 is 0 Å². The highest BCUT2D eigenvalue weighted by Gasteiger charge is 2.18. The molecule has 3 aromatic rings. The zero-order valence-corrected chi connectivity index (χ0v) is 14.8. The molecular weight excluding hydrogens is 328 g/mol. The lowest BCUT2D eigenvalue weighted by atomic mass is 10.0. The fraction of sp³-hybridized carbons (Fsp3) is 0.136. The van der Waals surface area contributed by atoms with Crippen LogP contribution in [0.25, 0.3) is 11.6 Å². The van der Waals surface area contributed by atoms with Crippen LogP contribution in [0.1, 0.15) is 38.2 Å². The number of rotatable bonds is 5. The highest BCUT2D eigenvalue weighted by Crippen LogP contribution is 2.37. The summed E-state index contributed by atoms with van der Waals surface area (Å²) in [6.45, 7) is 2.20. The summed E-state index contributed by atoms with van der Waals surface area (Å²) in [6.07, 6.45) is 3.09. The molecule has 2 nitrogen and oxygen atoms in total. The second-order valence-corrected chi connectivity index (χ2v) is 7.29. The summed E-state index contributed by atoms with van der Waals surface area (Å²) in [4.78, 5) is 13.5. The van der Waals surface area contributed by atoms with Gasteiger partial charge in [-0.1, -0.05) is 42.5 Å². The molecule has 0 spiro atoms. The van der Waals surface area contributed by atoms with Gasteiger partial charge in [0.2, 0.25) is 0 Å². The summed E-state index contributed by atoms with van der Waals surface area (Å²) in [5.41, 5.74) is 4.93. The zero-order chi connectivity index (χ0) is 17.2. The highest BCUT2D eigenvalue weighted by molar-refractivity contribution is 7.15. The number of Topliss-reactive ketones (excluding diaryl/α,β-unsaturated/α-hetero) is 1. The average Bonchev–Trinajstić information content (AvgIpc) is 3.20. The number of carbonyl (C=O) groups excluding carboxylic acids is 1. The maximum atomic E-state index is 11.5. The van der Waals surface area contributed by atoms with Crippen LogP contribution in [0, 0.1) is 0 Å². The lowest BCUT2D eigenvalue weighted by Crippen LogP contribution is -1.95. The van der Waals surface area contributed by atoms with E-state index in [4.69, 9.17) is 4.74 Å². The predicted molar refractivity (Wildman–Crippen MR) is 103 cm³/mol. The minimum Gasteiger partial charge on any atom is -0.489 e. The van der Waals surface area contributed by atoms with Crippen molar-refractivity contribution < 1.29 is 9.53 Å². The molecule has 3 heteroatoms. The molecule has 25 heavy (non-hydrogen) atoms. The molecule has 0 fully saturated rings. The summed E-state index contributed by atoms with van der Waals surface area (Å²) < 4.78 is 5.84. The normalized spacial score (nSPS) is 12.6. The third kappa shape index (κ3) is 3.42. The van der Waals surface area contributed by atoms with Crippen LogP contribution >= 0.6 is 11.3 Å². The second kappa shape index (κ2) is 6.69. The van der Waals surface area contributed by atoms with Crippen LogP contribution in [0.2, 0.25) is 0 Å². The minimum atomic E-state index is 0.147. The van der Waals surface area contributed by atoms with Crippen LogP contribution in [-0.2, 0) is 13.0 Å². The van der Waals surface area contributed by atoms with E-state index in [1.54, 1.807) is 18.3 Å². The number of hydrogen-bond acceptors (Lipinski definition) is 3. The molecule has 124 valence electrons. The van der Waals surface area contributed by atoms with Gasteiger partial charge in [0, 0.05) is 4.88 Å². The van der Waals surface area contributed by atoms with Crippen LogP contribution in [0.4, 0.5) is 0 Å². The Morgan fingerprint density at radius 2 is 1.84 bits per heavy atom. The number of ketones is 1. The SMILES string of the molecule is CC(=O)c1cc2c(s1)C=C(c1ccc(OCc3ccccc3)cc1)C2. The van der Waals surface area contributed by atoms with E-state index in [0.29, 0.717) is 6.61 Å². The number of benzene rings is 2. The van der Waals surface area contributed by atoms with Crippen molar-refractivity contribution >= 4 is 28.8 Å². The number of ether oxygens (including phenoxy) is 1. The first-order chi connectivity index (χ1) is 12.2. The summed E-state index contributed by atoms with van der Waals surface area (Å²) in [6, 6.07) is 20.4. The Balaban J connectivity index is 1.44. The van der Waals surface area contributed by atoms with Crippen molar-refractivity contribution in [1.82, 2.24) is 0 Å². The smallest absolute Gasteiger partial charge is 0.169 e. The fourth-order valence-electron chi connectivity index (χ4n) is 2.98. The molecule has 0 aliphatic heterocycles. The third-order valence-electron chi connectivity index (χ3n) is 4.35. The van der Waals surface area contributed by atoms with Gasteiger partial charge in [-0.05, 0) is 59.9 Å². The van der Waals surface area contributed by atoms with Crippen molar-refractivity contribution in [3.8, 4) is 5.75 Å². The first-order valence-electron chi connectivity index (χ1n) is 8.30. The van der Waals surface area contributed by atoms with Crippen LogP contribution < -0.4 is 4.74 Å². The van der Waals surface area contributed by atoms with Crippen molar-refractivity contribution in [2.75, 3.05) is 0 Å². The molecule has 4 rings (SSSR count). The third-order valence-corrected chi connectivity index (χ3v) is 5.57. The van der Waals surface area contributed by atoms with Crippen molar-refractivity contribution in [2.45, 2.75) is 20.0 Å². The molecule has 0 N–H and O–H groups in total. The summed E-state index contributed by atoms with van der Waals surface area (Å²) >= 11 is 1.59. The Morgan fingerprint density at radius 3 is 2.52 bits per heavy atom. The molecule has 0 saturated heterocycles. The van der Waals surface area contributed by atoms with E-state index in [1.165, 1.54) is 21.6 Å². The van der Waals surface area contributed by atoms with Gasteiger partial charge in [-0.2, -0.15) is 0 Å². The first-order valence-corrected chi connectivity index (χ1v) is 9.12. The molecule has 1 aliphatic rings. The van der Waals surface area contributed by atoms with Crippen LogP contribution in [0.5, 0.6) is 5.75 Å². The van der Waals surface area contributed by atoms with Crippen molar-refractivity contribution in [1.29, 1.82) is 0 Å². The van der Waals surface area contributed by atoms with Gasteiger partial charge in [0.15, 0.2) is 5.78 Å². The van der Waals surface area contributed by atoms with Gasteiger partial charge in [-0.3, -0.25) is 4.79 Å². The van der Waals surface area contributed by atoms with Crippen molar-refractivity contribution in [3.63, 3.8) is 0 Å². The molecule has 0 radical (unpaired) electrons. The minimum absolute atomic E-state index is 0.147. The molecular formula is C22H18O2S. The van der Waals surface area contributed by atoms with Crippen molar-refractivity contribution in [3.05, 3.63) is 87.1 Å². The molecule has 2 aromatic carbocycles. The van der Waals surface area contributed by atoms with Crippen LogP contribution in [0.3, 0.4) is 0 Å². The van der Waals surface area contributed by atoms with E-state index < -0.39 is 0 Å². The maximum Gasteiger partial charge on any atom is 0.169 e. The van der Waals surface area contributed by atoms with E-state index in [-0.39, 0.29) is 5.78 Å². The van der Waals surface area contributed by atoms with Gasteiger partial charge < -0.3 is 4.74 Å². The van der Waals surface area contributed by atoms with E-state index in [2.05, 4.69) is 30.3 Å². The van der Waals surface area contributed by atoms with Crippen LogP contribution in [0.15, 0.2) is 60.7 Å². The standard InChI is InChI=1S/C22H18O2S/c1-15(23)21-13-19-11-18(12-22(19)25-21)17-7-9-20(10-8-17)24-14-16-5-3-2-4-6-16/h2-10,12-13H,11,14H2,1H3. The first kappa shape index (κ1) is 15.9. The Morgan fingerprint density at radius 1 is 1.08 bits per heavy atom. The van der Waals surface area contributed by atoms with Gasteiger partial charge in [-0.15, -0.1) is 11.3 Å².